The lowest BCUT2D eigenvalue weighted by atomic mass is 9.85. The molecular formula is C15H18FNO3. The fraction of sp³-hybridized carbons (Fsp3) is 0.467. The van der Waals surface area contributed by atoms with Gasteiger partial charge in [0.05, 0.1) is 11.6 Å². The van der Waals surface area contributed by atoms with Crippen molar-refractivity contribution < 1.29 is 18.3 Å². The maximum atomic E-state index is 13.7. The number of fused-ring (bicyclic) bond motifs is 1. The summed E-state index contributed by atoms with van der Waals surface area (Å²) in [5.41, 5.74) is 6.07. The van der Waals surface area contributed by atoms with E-state index in [2.05, 4.69) is 0 Å². The van der Waals surface area contributed by atoms with E-state index in [1.165, 1.54) is 6.07 Å². The molecule has 1 aliphatic rings. The van der Waals surface area contributed by atoms with E-state index in [4.69, 9.17) is 19.6 Å². The van der Waals surface area contributed by atoms with Crippen LogP contribution in [0, 0.1) is 5.82 Å². The third-order valence-electron chi connectivity index (χ3n) is 4.13. The van der Waals surface area contributed by atoms with E-state index >= 15 is 0 Å². The van der Waals surface area contributed by atoms with Crippen molar-refractivity contribution in [3.8, 4) is 0 Å². The molecule has 4 nitrogen and oxygen atoms in total. The van der Waals surface area contributed by atoms with Crippen molar-refractivity contribution in [2.45, 2.75) is 24.5 Å². The van der Waals surface area contributed by atoms with E-state index < -0.39 is 11.6 Å². The van der Waals surface area contributed by atoms with Crippen molar-refractivity contribution in [3.05, 3.63) is 35.8 Å². The molecule has 0 saturated carbocycles. The van der Waals surface area contributed by atoms with Crippen LogP contribution in [-0.2, 0) is 9.47 Å². The van der Waals surface area contributed by atoms with Crippen molar-refractivity contribution in [1.82, 2.24) is 0 Å². The topological polar surface area (TPSA) is 57.6 Å². The maximum absolute atomic E-state index is 13.7. The number of hydrogen-bond acceptors (Lipinski definition) is 4. The Morgan fingerprint density at radius 2 is 2.10 bits per heavy atom. The van der Waals surface area contributed by atoms with Gasteiger partial charge in [0.25, 0.3) is 0 Å². The summed E-state index contributed by atoms with van der Waals surface area (Å²) in [6.45, 7) is 1.21. The molecule has 0 bridgehead atoms. The van der Waals surface area contributed by atoms with Gasteiger partial charge in [-0.2, -0.15) is 0 Å². The average molecular weight is 279 g/mol. The molecule has 0 radical (unpaired) electrons. The van der Waals surface area contributed by atoms with Gasteiger partial charge >= 0.3 is 0 Å². The molecule has 0 spiro atoms. The van der Waals surface area contributed by atoms with Crippen LogP contribution in [0.15, 0.2) is 28.7 Å². The van der Waals surface area contributed by atoms with Crippen LogP contribution in [0.4, 0.5) is 4.39 Å². The molecule has 20 heavy (non-hydrogen) atoms. The van der Waals surface area contributed by atoms with Gasteiger partial charge in [-0.1, -0.05) is 12.1 Å². The molecular weight excluding hydrogens is 261 g/mol. The first-order chi connectivity index (χ1) is 9.66. The number of furan rings is 1. The summed E-state index contributed by atoms with van der Waals surface area (Å²) in [6, 6.07) is 6.19. The van der Waals surface area contributed by atoms with Gasteiger partial charge in [0, 0.05) is 38.6 Å². The second-order valence-corrected chi connectivity index (χ2v) is 5.17. The Hall–Kier alpha value is -1.43. The first-order valence-electron chi connectivity index (χ1n) is 6.73. The van der Waals surface area contributed by atoms with E-state index in [9.17, 15) is 4.39 Å². The molecule has 2 aromatic rings. The Morgan fingerprint density at radius 1 is 1.35 bits per heavy atom. The van der Waals surface area contributed by atoms with Gasteiger partial charge in [0.2, 0.25) is 0 Å². The zero-order valence-corrected chi connectivity index (χ0v) is 11.4. The second kappa shape index (κ2) is 5.16. The van der Waals surface area contributed by atoms with Gasteiger partial charge in [-0.05, 0) is 12.1 Å². The van der Waals surface area contributed by atoms with Crippen molar-refractivity contribution in [2.24, 2.45) is 5.73 Å². The van der Waals surface area contributed by atoms with Gasteiger partial charge in [-0.15, -0.1) is 0 Å². The highest BCUT2D eigenvalue weighted by atomic mass is 19.1. The van der Waals surface area contributed by atoms with Crippen LogP contribution in [-0.4, -0.2) is 25.9 Å². The minimum atomic E-state index is -0.511. The first kappa shape index (κ1) is 13.5. The van der Waals surface area contributed by atoms with Crippen LogP contribution < -0.4 is 5.73 Å². The number of halogens is 1. The van der Waals surface area contributed by atoms with Crippen LogP contribution in [0.25, 0.3) is 11.0 Å². The van der Waals surface area contributed by atoms with Crippen molar-refractivity contribution in [1.29, 1.82) is 0 Å². The molecule has 1 fully saturated rings. The van der Waals surface area contributed by atoms with Gasteiger partial charge in [-0.3, -0.25) is 0 Å². The summed E-state index contributed by atoms with van der Waals surface area (Å²) in [5.74, 6) is 0.174. The van der Waals surface area contributed by atoms with Gasteiger partial charge in [-0.25, -0.2) is 4.39 Å². The molecule has 1 saturated heterocycles. The highest BCUT2D eigenvalue weighted by Crippen LogP contribution is 2.37. The molecule has 5 heteroatoms. The molecule has 1 aliphatic heterocycles. The Bertz CT molecular complexity index is 604. The Labute approximate surface area is 116 Å². The van der Waals surface area contributed by atoms with Gasteiger partial charge in [0.1, 0.15) is 5.76 Å². The molecule has 3 rings (SSSR count). The fourth-order valence-electron chi connectivity index (χ4n) is 2.82. The first-order valence-corrected chi connectivity index (χ1v) is 6.73. The van der Waals surface area contributed by atoms with Gasteiger partial charge < -0.3 is 19.6 Å². The molecule has 1 aromatic heterocycles. The Morgan fingerprint density at radius 3 is 2.75 bits per heavy atom. The summed E-state index contributed by atoms with van der Waals surface area (Å²) in [5, 5.41) is 0.716. The van der Waals surface area contributed by atoms with Crippen LogP contribution in [0.3, 0.4) is 0 Å². The quantitative estimate of drug-likeness (QED) is 0.938. The van der Waals surface area contributed by atoms with Crippen LogP contribution >= 0.6 is 0 Å². The summed E-state index contributed by atoms with van der Waals surface area (Å²) in [4.78, 5) is 0. The lowest BCUT2D eigenvalue weighted by Gasteiger charge is -2.39. The van der Waals surface area contributed by atoms with Crippen molar-refractivity contribution >= 4 is 11.0 Å². The van der Waals surface area contributed by atoms with Crippen molar-refractivity contribution in [2.75, 3.05) is 20.3 Å². The number of para-hydroxylation sites is 1. The predicted octanol–water partition coefficient (Wildman–Crippen LogP) is 2.77. The number of methoxy groups -OCH3 is 1. The molecule has 1 aromatic carbocycles. The highest BCUT2D eigenvalue weighted by Gasteiger charge is 2.41. The largest absolute Gasteiger partial charge is 0.456 e. The van der Waals surface area contributed by atoms with Crippen LogP contribution in [0.5, 0.6) is 0 Å². The molecule has 0 amide bonds. The standard InChI is InChI=1S/C15H18FNO3/c1-18-15(5-7-19-8-6-15)14(17)12-9-10-3-2-4-11(16)13(10)20-12/h2-4,9,14H,5-8,17H2,1H3. The summed E-state index contributed by atoms with van der Waals surface area (Å²) in [7, 11) is 1.65. The lowest BCUT2D eigenvalue weighted by molar-refractivity contribution is -0.107. The van der Waals surface area contributed by atoms with Crippen LogP contribution in [0.1, 0.15) is 24.6 Å². The Balaban J connectivity index is 1.98. The predicted molar refractivity (Wildman–Crippen MR) is 72.9 cm³/mol. The van der Waals surface area contributed by atoms with E-state index in [1.807, 2.05) is 6.07 Å². The molecule has 1 atom stereocenters. The zero-order chi connectivity index (χ0) is 14.2. The monoisotopic (exact) mass is 279 g/mol. The third kappa shape index (κ3) is 2.12. The summed E-state index contributed by atoms with van der Waals surface area (Å²) < 4.78 is 30.3. The minimum Gasteiger partial charge on any atom is -0.456 e. The molecule has 0 aliphatic carbocycles. The minimum absolute atomic E-state index is 0.247. The van der Waals surface area contributed by atoms with E-state index in [-0.39, 0.29) is 11.4 Å². The molecule has 2 heterocycles. The third-order valence-corrected chi connectivity index (χ3v) is 4.13. The van der Waals surface area contributed by atoms with E-state index in [0.717, 1.165) is 0 Å². The number of benzene rings is 1. The SMILES string of the molecule is COC1(C(N)c2cc3cccc(F)c3o2)CCOCC1. The summed E-state index contributed by atoms with van der Waals surface area (Å²) in [6.07, 6.45) is 1.40. The lowest BCUT2D eigenvalue weighted by Crippen LogP contribution is -2.47. The highest BCUT2D eigenvalue weighted by molar-refractivity contribution is 5.78. The Kier molecular flexibility index (Phi) is 3.50. The second-order valence-electron chi connectivity index (χ2n) is 5.17. The number of hydrogen-bond donors (Lipinski definition) is 1. The van der Waals surface area contributed by atoms with Crippen molar-refractivity contribution in [3.63, 3.8) is 0 Å². The maximum Gasteiger partial charge on any atom is 0.169 e. The average Bonchev–Trinajstić information content (AvgIpc) is 2.92. The normalized spacial score (nSPS) is 20.1. The van der Waals surface area contributed by atoms with Crippen LogP contribution in [0.2, 0.25) is 0 Å². The molecule has 108 valence electrons. The smallest absolute Gasteiger partial charge is 0.169 e. The summed E-state index contributed by atoms with van der Waals surface area (Å²) >= 11 is 0. The number of ether oxygens (including phenoxy) is 2. The van der Waals surface area contributed by atoms with Gasteiger partial charge in [0.15, 0.2) is 11.4 Å². The zero-order valence-electron chi connectivity index (χ0n) is 11.4. The van der Waals surface area contributed by atoms with E-state index in [1.54, 1.807) is 19.2 Å². The fourth-order valence-corrected chi connectivity index (χ4v) is 2.82. The molecule has 1 unspecified atom stereocenters. The molecule has 2 N–H and O–H groups in total. The van der Waals surface area contributed by atoms with E-state index in [0.29, 0.717) is 37.2 Å². The number of nitrogens with two attached hydrogens (primary N) is 1. The number of rotatable bonds is 3.